The van der Waals surface area contributed by atoms with Crippen molar-refractivity contribution in [1.82, 2.24) is 10.6 Å². The fourth-order valence-corrected chi connectivity index (χ4v) is 2.79. The van der Waals surface area contributed by atoms with Crippen molar-refractivity contribution in [3.63, 3.8) is 0 Å². The molecule has 0 aliphatic carbocycles. The van der Waals surface area contributed by atoms with Crippen LogP contribution in [-0.4, -0.2) is 38.7 Å². The number of hydrogen-bond donors (Lipinski definition) is 3. The molecule has 1 amide bonds. The number of guanidine groups is 1. The number of methoxy groups -OCH3 is 1. The van der Waals surface area contributed by atoms with Crippen LogP contribution in [-0.2, 0) is 6.54 Å². The van der Waals surface area contributed by atoms with Crippen molar-refractivity contribution < 1.29 is 14.3 Å². The lowest BCUT2D eigenvalue weighted by Crippen LogP contribution is -2.30. The zero-order valence-electron chi connectivity index (χ0n) is 18.7. The molecular formula is C23H33IN4O3. The van der Waals surface area contributed by atoms with Crippen molar-refractivity contribution in [2.24, 2.45) is 4.99 Å². The van der Waals surface area contributed by atoms with Gasteiger partial charge in [0.1, 0.15) is 0 Å². The van der Waals surface area contributed by atoms with Gasteiger partial charge in [0, 0.05) is 30.4 Å². The molecule has 2 aromatic carbocycles. The van der Waals surface area contributed by atoms with Crippen LogP contribution in [0, 0.1) is 0 Å². The van der Waals surface area contributed by atoms with Crippen LogP contribution >= 0.6 is 24.0 Å². The molecule has 0 spiro atoms. The molecule has 0 unspecified atom stereocenters. The van der Waals surface area contributed by atoms with E-state index < -0.39 is 0 Å². The summed E-state index contributed by atoms with van der Waals surface area (Å²) in [5.41, 5.74) is 2.44. The Balaban J connectivity index is 0.00000480. The maximum absolute atomic E-state index is 12.2. The minimum absolute atomic E-state index is 0. The van der Waals surface area contributed by atoms with E-state index in [0.29, 0.717) is 42.7 Å². The molecule has 0 fully saturated rings. The first-order valence-corrected chi connectivity index (χ1v) is 10.3. The van der Waals surface area contributed by atoms with Crippen LogP contribution in [0.5, 0.6) is 11.5 Å². The zero-order valence-corrected chi connectivity index (χ0v) is 21.0. The minimum atomic E-state index is -0.0607. The second-order valence-electron chi connectivity index (χ2n) is 6.58. The summed E-state index contributed by atoms with van der Waals surface area (Å²) in [5.74, 6) is 1.94. The van der Waals surface area contributed by atoms with E-state index in [1.807, 2.05) is 63.2 Å². The number of hydrogen-bond acceptors (Lipinski definition) is 4. The summed E-state index contributed by atoms with van der Waals surface area (Å²) >= 11 is 0. The Hall–Kier alpha value is -2.49. The van der Waals surface area contributed by atoms with Gasteiger partial charge >= 0.3 is 0 Å². The number of rotatable bonds is 10. The van der Waals surface area contributed by atoms with Crippen LogP contribution in [0.1, 0.15) is 43.1 Å². The molecule has 2 aromatic rings. The topological polar surface area (TPSA) is 84.0 Å². The lowest BCUT2D eigenvalue weighted by molar-refractivity contribution is 0.0953. The Kier molecular flexibility index (Phi) is 12.4. The first kappa shape index (κ1) is 26.5. The Morgan fingerprint density at radius 3 is 2.52 bits per heavy atom. The van der Waals surface area contributed by atoms with Crippen molar-refractivity contribution >= 4 is 41.5 Å². The Bertz CT molecular complexity index is 858. The SMILES string of the molecule is CCCNC(=O)c1cccc(CN=C(NCC)Nc2ccc(OC)c(OCC)c2)c1.I. The number of anilines is 1. The van der Waals surface area contributed by atoms with Crippen molar-refractivity contribution in [3.05, 3.63) is 53.6 Å². The third-order valence-electron chi connectivity index (χ3n) is 4.21. The highest BCUT2D eigenvalue weighted by Gasteiger charge is 2.08. The summed E-state index contributed by atoms with van der Waals surface area (Å²) in [4.78, 5) is 16.8. The molecule has 0 saturated heterocycles. The summed E-state index contributed by atoms with van der Waals surface area (Å²) < 4.78 is 11.0. The number of amides is 1. The summed E-state index contributed by atoms with van der Waals surface area (Å²) in [6.45, 7) is 8.36. The highest BCUT2D eigenvalue weighted by Crippen LogP contribution is 2.30. The van der Waals surface area contributed by atoms with Gasteiger partial charge in [-0.2, -0.15) is 0 Å². The first-order valence-electron chi connectivity index (χ1n) is 10.3. The second kappa shape index (κ2) is 14.5. The number of aliphatic imine (C=N–C) groups is 1. The van der Waals surface area contributed by atoms with Gasteiger partial charge in [-0.05, 0) is 50.1 Å². The van der Waals surface area contributed by atoms with Gasteiger partial charge in [0.2, 0.25) is 0 Å². The Labute approximate surface area is 202 Å². The third-order valence-corrected chi connectivity index (χ3v) is 4.21. The molecular weight excluding hydrogens is 507 g/mol. The van der Waals surface area contributed by atoms with Crippen molar-refractivity contribution in [2.45, 2.75) is 33.7 Å². The smallest absolute Gasteiger partial charge is 0.251 e. The van der Waals surface area contributed by atoms with E-state index in [9.17, 15) is 4.79 Å². The van der Waals surface area contributed by atoms with Gasteiger partial charge in [-0.1, -0.05) is 19.1 Å². The number of nitrogens with zero attached hydrogens (tertiary/aromatic N) is 1. The third kappa shape index (κ3) is 8.64. The van der Waals surface area contributed by atoms with Crippen molar-refractivity contribution in [1.29, 1.82) is 0 Å². The zero-order chi connectivity index (χ0) is 21.8. The normalized spacial score (nSPS) is 10.6. The molecule has 8 heteroatoms. The fourth-order valence-electron chi connectivity index (χ4n) is 2.79. The van der Waals surface area contributed by atoms with Crippen molar-refractivity contribution in [3.8, 4) is 11.5 Å². The quantitative estimate of drug-likeness (QED) is 0.236. The maximum atomic E-state index is 12.2. The molecule has 0 radical (unpaired) electrons. The standard InChI is InChI=1S/C23H32N4O3.HI/c1-5-13-25-22(28)18-10-8-9-17(14-18)16-26-23(24-6-2)27-19-11-12-20(29-4)21(15-19)30-7-3;/h8-12,14-15H,5-7,13,16H2,1-4H3,(H,25,28)(H2,24,26,27);1H. The van der Waals surface area contributed by atoms with Gasteiger partial charge < -0.3 is 25.4 Å². The minimum Gasteiger partial charge on any atom is -0.493 e. The summed E-state index contributed by atoms with van der Waals surface area (Å²) in [5, 5.41) is 9.42. The van der Waals surface area contributed by atoms with Crippen LogP contribution in [0.15, 0.2) is 47.5 Å². The average Bonchev–Trinajstić information content (AvgIpc) is 2.76. The highest BCUT2D eigenvalue weighted by atomic mass is 127. The molecule has 170 valence electrons. The van der Waals surface area contributed by atoms with Crippen LogP contribution in [0.4, 0.5) is 5.69 Å². The Morgan fingerprint density at radius 1 is 1.03 bits per heavy atom. The number of nitrogens with one attached hydrogen (secondary N) is 3. The van der Waals surface area contributed by atoms with E-state index in [-0.39, 0.29) is 29.9 Å². The molecule has 0 atom stereocenters. The van der Waals surface area contributed by atoms with E-state index >= 15 is 0 Å². The van der Waals surface area contributed by atoms with Gasteiger partial charge in [-0.25, -0.2) is 4.99 Å². The van der Waals surface area contributed by atoms with Crippen LogP contribution < -0.4 is 25.4 Å². The van der Waals surface area contributed by atoms with Gasteiger partial charge in [0.25, 0.3) is 5.91 Å². The molecule has 3 N–H and O–H groups in total. The predicted molar refractivity (Wildman–Crippen MR) is 137 cm³/mol. The van der Waals surface area contributed by atoms with E-state index in [1.54, 1.807) is 7.11 Å². The number of carbonyl (C=O) groups excluding carboxylic acids is 1. The largest absolute Gasteiger partial charge is 0.493 e. The first-order chi connectivity index (χ1) is 14.6. The molecule has 0 heterocycles. The van der Waals surface area contributed by atoms with Crippen LogP contribution in [0.2, 0.25) is 0 Å². The van der Waals surface area contributed by atoms with Gasteiger partial charge in [0.15, 0.2) is 17.5 Å². The predicted octanol–water partition coefficient (Wildman–Crippen LogP) is 4.43. The molecule has 31 heavy (non-hydrogen) atoms. The summed E-state index contributed by atoms with van der Waals surface area (Å²) in [7, 11) is 1.62. The molecule has 0 aliphatic rings. The summed E-state index contributed by atoms with van der Waals surface area (Å²) in [6, 6.07) is 13.2. The molecule has 2 rings (SSSR count). The van der Waals surface area contributed by atoms with Crippen molar-refractivity contribution in [2.75, 3.05) is 32.1 Å². The average molecular weight is 540 g/mol. The monoisotopic (exact) mass is 540 g/mol. The van der Waals surface area contributed by atoms with E-state index in [4.69, 9.17) is 9.47 Å². The summed E-state index contributed by atoms with van der Waals surface area (Å²) in [6.07, 6.45) is 0.907. The van der Waals surface area contributed by atoms with E-state index in [2.05, 4.69) is 20.9 Å². The number of benzene rings is 2. The lowest BCUT2D eigenvalue weighted by Gasteiger charge is -2.14. The number of carbonyl (C=O) groups is 1. The van der Waals surface area contributed by atoms with Gasteiger partial charge in [-0.15, -0.1) is 24.0 Å². The lowest BCUT2D eigenvalue weighted by atomic mass is 10.1. The van der Waals surface area contributed by atoms with E-state index in [0.717, 1.165) is 24.2 Å². The highest BCUT2D eigenvalue weighted by molar-refractivity contribution is 14.0. The van der Waals surface area contributed by atoms with Crippen LogP contribution in [0.25, 0.3) is 0 Å². The number of halogens is 1. The molecule has 0 aromatic heterocycles. The van der Waals surface area contributed by atoms with Crippen LogP contribution in [0.3, 0.4) is 0 Å². The molecule has 0 saturated carbocycles. The van der Waals surface area contributed by atoms with E-state index in [1.165, 1.54) is 0 Å². The molecule has 0 bridgehead atoms. The Morgan fingerprint density at radius 2 is 1.84 bits per heavy atom. The fraction of sp³-hybridized carbons (Fsp3) is 0.391. The number of ether oxygens (including phenoxy) is 2. The second-order valence-corrected chi connectivity index (χ2v) is 6.58. The van der Waals surface area contributed by atoms with Gasteiger partial charge in [-0.3, -0.25) is 4.79 Å². The molecule has 7 nitrogen and oxygen atoms in total. The van der Waals surface area contributed by atoms with Gasteiger partial charge in [0.05, 0.1) is 20.3 Å². The maximum Gasteiger partial charge on any atom is 0.251 e. The molecule has 0 aliphatic heterocycles.